The van der Waals surface area contributed by atoms with Crippen molar-refractivity contribution in [1.29, 1.82) is 0 Å². The first-order chi connectivity index (χ1) is 10.8. The molecule has 0 aliphatic heterocycles. The van der Waals surface area contributed by atoms with Gasteiger partial charge in [-0.1, -0.05) is 25.7 Å². The average molecular weight is 300 g/mol. The first kappa shape index (κ1) is 15.0. The fraction of sp³-hybridized carbons (Fsp3) is 0.529. The molecule has 2 aromatic rings. The normalized spacial score (nSPS) is 16.5. The van der Waals surface area contributed by atoms with Crippen molar-refractivity contribution in [3.05, 3.63) is 36.3 Å². The van der Waals surface area contributed by atoms with Crippen molar-refractivity contribution in [3.63, 3.8) is 0 Å². The number of hydrogen-bond donors (Lipinski definition) is 2. The molecule has 3 rings (SSSR count). The Kier molecular flexibility index (Phi) is 5.06. The molecule has 0 aromatic carbocycles. The Balaban J connectivity index is 1.43. The molecule has 0 radical (unpaired) electrons. The summed E-state index contributed by atoms with van der Waals surface area (Å²) in [4.78, 5) is 16.3. The number of nitrogens with one attached hydrogen (secondary N) is 2. The Morgan fingerprint density at radius 1 is 1.18 bits per heavy atom. The molecule has 1 saturated carbocycles. The van der Waals surface area contributed by atoms with Crippen LogP contribution in [-0.4, -0.2) is 34.4 Å². The molecule has 0 bridgehead atoms. The molecule has 2 aromatic heterocycles. The minimum atomic E-state index is -0.0294. The third kappa shape index (κ3) is 3.85. The molecule has 1 aliphatic carbocycles. The van der Waals surface area contributed by atoms with E-state index in [0.29, 0.717) is 18.2 Å². The van der Waals surface area contributed by atoms with Gasteiger partial charge in [-0.15, -0.1) is 0 Å². The maximum atomic E-state index is 12.1. The number of imidazole rings is 1. The minimum absolute atomic E-state index is 0.0294. The molecule has 0 unspecified atom stereocenters. The zero-order valence-electron chi connectivity index (χ0n) is 12.9. The van der Waals surface area contributed by atoms with Gasteiger partial charge in [-0.3, -0.25) is 4.79 Å². The highest BCUT2D eigenvalue weighted by Gasteiger charge is 2.11. The van der Waals surface area contributed by atoms with Crippen LogP contribution in [0.1, 0.15) is 48.9 Å². The van der Waals surface area contributed by atoms with Gasteiger partial charge in [-0.05, 0) is 25.0 Å². The van der Waals surface area contributed by atoms with E-state index in [0.717, 1.165) is 12.2 Å². The van der Waals surface area contributed by atoms with E-state index in [2.05, 4.69) is 15.6 Å². The van der Waals surface area contributed by atoms with E-state index in [1.165, 1.54) is 38.5 Å². The lowest BCUT2D eigenvalue weighted by molar-refractivity contribution is 0.0953. The molecule has 5 heteroatoms. The SMILES string of the molecule is O=C(NCCNC1CCCCCC1)c1ccc2nccn2c1. The smallest absolute Gasteiger partial charge is 0.252 e. The zero-order chi connectivity index (χ0) is 15.2. The monoisotopic (exact) mass is 300 g/mol. The summed E-state index contributed by atoms with van der Waals surface area (Å²) in [5.41, 5.74) is 1.52. The topological polar surface area (TPSA) is 58.4 Å². The van der Waals surface area contributed by atoms with Crippen molar-refractivity contribution < 1.29 is 4.79 Å². The van der Waals surface area contributed by atoms with Crippen LogP contribution < -0.4 is 10.6 Å². The highest BCUT2D eigenvalue weighted by atomic mass is 16.1. The molecule has 1 aliphatic rings. The Bertz CT molecular complexity index is 614. The van der Waals surface area contributed by atoms with E-state index >= 15 is 0 Å². The number of nitrogens with zero attached hydrogens (tertiary/aromatic N) is 2. The maximum Gasteiger partial charge on any atom is 0.252 e. The highest BCUT2D eigenvalue weighted by Crippen LogP contribution is 2.16. The van der Waals surface area contributed by atoms with Gasteiger partial charge >= 0.3 is 0 Å². The van der Waals surface area contributed by atoms with Gasteiger partial charge in [-0.25, -0.2) is 4.98 Å². The second-order valence-corrected chi connectivity index (χ2v) is 6.01. The van der Waals surface area contributed by atoms with Crippen molar-refractivity contribution in [3.8, 4) is 0 Å². The van der Waals surface area contributed by atoms with Crippen LogP contribution in [0.15, 0.2) is 30.7 Å². The van der Waals surface area contributed by atoms with E-state index in [1.807, 2.05) is 28.9 Å². The van der Waals surface area contributed by atoms with Crippen LogP contribution in [0.3, 0.4) is 0 Å². The van der Waals surface area contributed by atoms with Gasteiger partial charge in [0.1, 0.15) is 5.65 Å². The Morgan fingerprint density at radius 2 is 2.00 bits per heavy atom. The first-order valence-corrected chi connectivity index (χ1v) is 8.27. The van der Waals surface area contributed by atoms with Crippen molar-refractivity contribution in [2.75, 3.05) is 13.1 Å². The lowest BCUT2D eigenvalue weighted by Gasteiger charge is -2.16. The van der Waals surface area contributed by atoms with E-state index < -0.39 is 0 Å². The van der Waals surface area contributed by atoms with Gasteiger partial charge in [0.25, 0.3) is 5.91 Å². The molecule has 118 valence electrons. The van der Waals surface area contributed by atoms with Gasteiger partial charge < -0.3 is 15.0 Å². The number of rotatable bonds is 5. The number of aromatic nitrogens is 2. The number of pyridine rings is 1. The zero-order valence-corrected chi connectivity index (χ0v) is 12.9. The number of amides is 1. The molecular formula is C17H24N4O. The predicted molar refractivity (Wildman–Crippen MR) is 87.0 cm³/mol. The third-order valence-corrected chi connectivity index (χ3v) is 4.35. The molecule has 0 atom stereocenters. The molecule has 5 nitrogen and oxygen atoms in total. The van der Waals surface area contributed by atoms with E-state index in [4.69, 9.17) is 0 Å². The summed E-state index contributed by atoms with van der Waals surface area (Å²) < 4.78 is 1.86. The number of carbonyl (C=O) groups excluding carboxylic acids is 1. The lowest BCUT2D eigenvalue weighted by Crippen LogP contribution is -2.36. The summed E-state index contributed by atoms with van der Waals surface area (Å²) in [6.07, 6.45) is 13.3. The second kappa shape index (κ2) is 7.40. The van der Waals surface area contributed by atoms with Gasteiger partial charge in [0.2, 0.25) is 0 Å². The standard InChI is InChI=1S/C17H24N4O/c22-17(14-7-8-16-19-11-12-21(16)13-14)20-10-9-18-15-5-3-1-2-4-6-15/h7-8,11-13,15,18H,1-6,9-10H2,(H,20,22). The van der Waals surface area contributed by atoms with Crippen LogP contribution in [0, 0.1) is 0 Å². The van der Waals surface area contributed by atoms with E-state index in [9.17, 15) is 4.79 Å². The molecule has 0 saturated heterocycles. The van der Waals surface area contributed by atoms with Crippen molar-refractivity contribution >= 4 is 11.6 Å². The van der Waals surface area contributed by atoms with Crippen LogP contribution in [0.2, 0.25) is 0 Å². The number of hydrogen-bond acceptors (Lipinski definition) is 3. The van der Waals surface area contributed by atoms with E-state index in [-0.39, 0.29) is 5.91 Å². The summed E-state index contributed by atoms with van der Waals surface area (Å²) in [5.74, 6) is -0.0294. The molecule has 1 amide bonds. The number of carbonyl (C=O) groups is 1. The highest BCUT2D eigenvalue weighted by molar-refractivity contribution is 5.94. The van der Waals surface area contributed by atoms with Crippen molar-refractivity contribution in [2.45, 2.75) is 44.6 Å². The lowest BCUT2D eigenvalue weighted by atomic mass is 10.1. The fourth-order valence-electron chi connectivity index (χ4n) is 3.09. The summed E-state index contributed by atoms with van der Waals surface area (Å²) >= 11 is 0. The summed E-state index contributed by atoms with van der Waals surface area (Å²) in [7, 11) is 0. The van der Waals surface area contributed by atoms with E-state index in [1.54, 1.807) is 6.20 Å². The van der Waals surface area contributed by atoms with Crippen LogP contribution in [0.5, 0.6) is 0 Å². The summed E-state index contributed by atoms with van der Waals surface area (Å²) in [6, 6.07) is 4.30. The quantitative estimate of drug-likeness (QED) is 0.658. The second-order valence-electron chi connectivity index (χ2n) is 6.01. The Labute approximate surface area is 131 Å². The van der Waals surface area contributed by atoms with Gasteiger partial charge in [0.15, 0.2) is 0 Å². The summed E-state index contributed by atoms with van der Waals surface area (Å²) in [6.45, 7) is 1.50. The van der Waals surface area contributed by atoms with Crippen LogP contribution >= 0.6 is 0 Å². The van der Waals surface area contributed by atoms with Gasteiger partial charge in [0.05, 0.1) is 5.56 Å². The largest absolute Gasteiger partial charge is 0.351 e. The summed E-state index contributed by atoms with van der Waals surface area (Å²) in [5, 5.41) is 6.54. The molecule has 2 heterocycles. The predicted octanol–water partition coefficient (Wildman–Crippen LogP) is 2.38. The minimum Gasteiger partial charge on any atom is -0.351 e. The fourth-order valence-corrected chi connectivity index (χ4v) is 3.09. The molecule has 0 spiro atoms. The Morgan fingerprint density at radius 3 is 2.82 bits per heavy atom. The van der Waals surface area contributed by atoms with Crippen LogP contribution in [-0.2, 0) is 0 Å². The Hall–Kier alpha value is -1.88. The van der Waals surface area contributed by atoms with Crippen LogP contribution in [0.4, 0.5) is 0 Å². The van der Waals surface area contributed by atoms with Crippen LogP contribution in [0.25, 0.3) is 5.65 Å². The maximum absolute atomic E-state index is 12.1. The van der Waals surface area contributed by atoms with Gasteiger partial charge in [0, 0.05) is 37.7 Å². The van der Waals surface area contributed by atoms with Crippen molar-refractivity contribution in [2.24, 2.45) is 0 Å². The molecular weight excluding hydrogens is 276 g/mol. The molecule has 22 heavy (non-hydrogen) atoms. The number of fused-ring (bicyclic) bond motifs is 1. The van der Waals surface area contributed by atoms with Gasteiger partial charge in [-0.2, -0.15) is 0 Å². The van der Waals surface area contributed by atoms with Crippen molar-refractivity contribution in [1.82, 2.24) is 20.0 Å². The molecule has 2 N–H and O–H groups in total. The first-order valence-electron chi connectivity index (χ1n) is 8.27. The molecule has 1 fully saturated rings. The average Bonchev–Trinajstić information content (AvgIpc) is 2.85. The third-order valence-electron chi connectivity index (χ3n) is 4.35.